The molecule has 3 unspecified atom stereocenters. The summed E-state index contributed by atoms with van der Waals surface area (Å²) in [6.45, 7) is 4.89. The number of nitrogens with one attached hydrogen (secondary N) is 1. The SMILES string of the molecule is CC1CN(C(=O)C2(C)Cc3ccccc3N2)CCC1C(=O)O. The van der Waals surface area contributed by atoms with E-state index in [0.717, 1.165) is 11.3 Å². The molecule has 0 spiro atoms. The van der Waals surface area contributed by atoms with Crippen LogP contribution in [0.5, 0.6) is 0 Å². The van der Waals surface area contributed by atoms with Crippen LogP contribution in [0.25, 0.3) is 0 Å². The lowest BCUT2D eigenvalue weighted by Gasteiger charge is -2.39. The van der Waals surface area contributed by atoms with E-state index in [0.29, 0.717) is 25.9 Å². The van der Waals surface area contributed by atoms with E-state index in [1.165, 1.54) is 0 Å². The average Bonchev–Trinajstić information content (AvgIpc) is 2.83. The molecule has 0 radical (unpaired) electrons. The second kappa shape index (κ2) is 5.30. The van der Waals surface area contributed by atoms with Gasteiger partial charge in [-0.2, -0.15) is 0 Å². The van der Waals surface area contributed by atoms with Crippen LogP contribution in [0.2, 0.25) is 0 Å². The molecule has 2 heterocycles. The maximum atomic E-state index is 12.9. The lowest BCUT2D eigenvalue weighted by molar-refractivity contribution is -0.149. The molecule has 2 aliphatic rings. The summed E-state index contributed by atoms with van der Waals surface area (Å²) in [4.78, 5) is 25.9. The van der Waals surface area contributed by atoms with Gasteiger partial charge in [0.1, 0.15) is 5.54 Å². The minimum atomic E-state index is -0.753. The quantitative estimate of drug-likeness (QED) is 0.876. The van der Waals surface area contributed by atoms with E-state index in [2.05, 4.69) is 5.32 Å². The third kappa shape index (κ3) is 2.45. The second-order valence-corrected chi connectivity index (χ2v) is 6.75. The zero-order chi connectivity index (χ0) is 15.9. The fraction of sp³-hybridized carbons (Fsp3) is 0.529. The Bertz CT molecular complexity index is 589. The Morgan fingerprint density at radius 3 is 2.73 bits per heavy atom. The monoisotopic (exact) mass is 302 g/mol. The lowest BCUT2D eigenvalue weighted by Crippen LogP contribution is -2.55. The Morgan fingerprint density at radius 2 is 2.09 bits per heavy atom. The van der Waals surface area contributed by atoms with Crippen molar-refractivity contribution in [3.05, 3.63) is 29.8 Å². The fourth-order valence-corrected chi connectivity index (χ4v) is 3.69. The van der Waals surface area contributed by atoms with Gasteiger partial charge in [0, 0.05) is 25.2 Å². The number of fused-ring (bicyclic) bond motifs is 1. The molecule has 1 amide bonds. The average molecular weight is 302 g/mol. The maximum absolute atomic E-state index is 12.9. The number of carbonyl (C=O) groups is 2. The number of para-hydroxylation sites is 1. The highest BCUT2D eigenvalue weighted by Gasteiger charge is 2.43. The summed E-state index contributed by atoms with van der Waals surface area (Å²) in [6, 6.07) is 7.98. The van der Waals surface area contributed by atoms with E-state index in [1.807, 2.05) is 43.0 Å². The highest BCUT2D eigenvalue weighted by molar-refractivity contribution is 5.92. The van der Waals surface area contributed by atoms with E-state index in [-0.39, 0.29) is 17.7 Å². The number of rotatable bonds is 2. The van der Waals surface area contributed by atoms with Crippen molar-refractivity contribution in [3.63, 3.8) is 0 Å². The third-order valence-corrected chi connectivity index (χ3v) is 4.95. The standard InChI is InChI=1S/C17H22N2O3/c1-11-10-19(8-7-13(11)15(20)21)16(22)17(2)9-12-5-3-4-6-14(12)18-17/h3-6,11,13,18H,7-10H2,1-2H3,(H,20,21). The smallest absolute Gasteiger partial charge is 0.306 e. The van der Waals surface area contributed by atoms with Crippen molar-refractivity contribution in [3.8, 4) is 0 Å². The molecule has 0 aliphatic carbocycles. The van der Waals surface area contributed by atoms with Crippen LogP contribution in [0.1, 0.15) is 25.8 Å². The Balaban J connectivity index is 1.72. The van der Waals surface area contributed by atoms with Crippen LogP contribution in [-0.4, -0.2) is 40.5 Å². The van der Waals surface area contributed by atoms with Crippen LogP contribution < -0.4 is 5.32 Å². The molecule has 3 atom stereocenters. The van der Waals surface area contributed by atoms with Crippen molar-refractivity contribution in [2.45, 2.75) is 32.2 Å². The maximum Gasteiger partial charge on any atom is 0.306 e. The van der Waals surface area contributed by atoms with E-state index in [1.54, 1.807) is 0 Å². The molecule has 1 fully saturated rings. The first kappa shape index (κ1) is 14.9. The van der Waals surface area contributed by atoms with Gasteiger partial charge in [0.15, 0.2) is 0 Å². The molecule has 0 aromatic heterocycles. The molecule has 3 rings (SSSR count). The first-order chi connectivity index (χ1) is 10.4. The molecule has 2 aliphatic heterocycles. The molecular weight excluding hydrogens is 280 g/mol. The molecule has 0 saturated carbocycles. The summed E-state index contributed by atoms with van der Waals surface area (Å²) < 4.78 is 0. The topological polar surface area (TPSA) is 69.6 Å². The number of benzene rings is 1. The number of hydrogen-bond donors (Lipinski definition) is 2. The van der Waals surface area contributed by atoms with Gasteiger partial charge in [0.2, 0.25) is 5.91 Å². The van der Waals surface area contributed by atoms with Crippen molar-refractivity contribution in [2.75, 3.05) is 18.4 Å². The summed E-state index contributed by atoms with van der Waals surface area (Å²) in [5.74, 6) is -1.04. The fourth-order valence-electron chi connectivity index (χ4n) is 3.69. The Labute approximate surface area is 130 Å². The van der Waals surface area contributed by atoms with Crippen LogP contribution in [-0.2, 0) is 16.0 Å². The molecule has 2 N–H and O–H groups in total. The summed E-state index contributed by atoms with van der Waals surface area (Å²) in [7, 11) is 0. The van der Waals surface area contributed by atoms with E-state index in [9.17, 15) is 14.7 Å². The van der Waals surface area contributed by atoms with Crippen molar-refractivity contribution < 1.29 is 14.7 Å². The molecule has 1 aromatic rings. The van der Waals surface area contributed by atoms with Gasteiger partial charge in [-0.3, -0.25) is 9.59 Å². The van der Waals surface area contributed by atoms with Crippen LogP contribution in [0.3, 0.4) is 0 Å². The Hall–Kier alpha value is -2.04. The van der Waals surface area contributed by atoms with E-state index in [4.69, 9.17) is 0 Å². The molecule has 5 heteroatoms. The largest absolute Gasteiger partial charge is 0.481 e. The summed E-state index contributed by atoms with van der Waals surface area (Å²) in [5.41, 5.74) is 1.55. The number of amides is 1. The number of carboxylic acid groups (broad SMARTS) is 1. The molecule has 22 heavy (non-hydrogen) atoms. The number of anilines is 1. The lowest BCUT2D eigenvalue weighted by atomic mass is 9.85. The number of nitrogens with zero attached hydrogens (tertiary/aromatic N) is 1. The Kier molecular flexibility index (Phi) is 3.59. The molecular formula is C17H22N2O3. The number of carbonyl (C=O) groups excluding carboxylic acids is 1. The third-order valence-electron chi connectivity index (χ3n) is 4.95. The number of hydrogen-bond acceptors (Lipinski definition) is 3. The van der Waals surface area contributed by atoms with E-state index < -0.39 is 11.5 Å². The van der Waals surface area contributed by atoms with Crippen LogP contribution in [0.15, 0.2) is 24.3 Å². The summed E-state index contributed by atoms with van der Waals surface area (Å²) >= 11 is 0. The van der Waals surface area contributed by atoms with Crippen LogP contribution in [0, 0.1) is 11.8 Å². The van der Waals surface area contributed by atoms with Crippen molar-refractivity contribution in [2.24, 2.45) is 11.8 Å². The molecule has 118 valence electrons. The summed E-state index contributed by atoms with van der Waals surface area (Å²) in [6.07, 6.45) is 1.21. The predicted octanol–water partition coefficient (Wildman–Crippen LogP) is 1.98. The van der Waals surface area contributed by atoms with Gasteiger partial charge in [-0.05, 0) is 30.9 Å². The van der Waals surface area contributed by atoms with Gasteiger partial charge >= 0.3 is 5.97 Å². The minimum Gasteiger partial charge on any atom is -0.481 e. The first-order valence-electron chi connectivity index (χ1n) is 7.79. The zero-order valence-corrected chi connectivity index (χ0v) is 13.0. The highest BCUT2D eigenvalue weighted by Crippen LogP contribution is 2.34. The molecule has 1 saturated heterocycles. The predicted molar refractivity (Wildman–Crippen MR) is 83.7 cm³/mol. The van der Waals surface area contributed by atoms with Crippen LogP contribution >= 0.6 is 0 Å². The van der Waals surface area contributed by atoms with Crippen LogP contribution in [0.4, 0.5) is 5.69 Å². The van der Waals surface area contributed by atoms with Crippen molar-refractivity contribution in [1.29, 1.82) is 0 Å². The zero-order valence-electron chi connectivity index (χ0n) is 13.0. The Morgan fingerprint density at radius 1 is 1.36 bits per heavy atom. The van der Waals surface area contributed by atoms with Gasteiger partial charge in [0.25, 0.3) is 0 Å². The number of aliphatic carboxylic acids is 1. The molecule has 5 nitrogen and oxygen atoms in total. The molecule has 1 aromatic carbocycles. The second-order valence-electron chi connectivity index (χ2n) is 6.75. The summed E-state index contributed by atoms with van der Waals surface area (Å²) in [5, 5.41) is 12.5. The van der Waals surface area contributed by atoms with Gasteiger partial charge < -0.3 is 15.3 Å². The molecule has 0 bridgehead atoms. The van der Waals surface area contributed by atoms with Gasteiger partial charge in [-0.25, -0.2) is 0 Å². The highest BCUT2D eigenvalue weighted by atomic mass is 16.4. The number of likely N-dealkylation sites (tertiary alicyclic amines) is 1. The van der Waals surface area contributed by atoms with Crippen molar-refractivity contribution in [1.82, 2.24) is 4.90 Å². The van der Waals surface area contributed by atoms with Crippen molar-refractivity contribution >= 4 is 17.6 Å². The minimum absolute atomic E-state index is 0.0115. The number of piperidine rings is 1. The van der Waals surface area contributed by atoms with E-state index >= 15 is 0 Å². The van der Waals surface area contributed by atoms with Gasteiger partial charge in [-0.1, -0.05) is 25.1 Å². The normalized spacial score (nSPS) is 30.5. The van der Waals surface area contributed by atoms with Gasteiger partial charge in [-0.15, -0.1) is 0 Å². The first-order valence-corrected chi connectivity index (χ1v) is 7.79. The van der Waals surface area contributed by atoms with Gasteiger partial charge in [0.05, 0.1) is 5.92 Å². The number of carboxylic acids is 1.